The van der Waals surface area contributed by atoms with Crippen LogP contribution in [-0.4, -0.2) is 12.4 Å². The Morgan fingerprint density at radius 1 is 1.37 bits per heavy atom. The van der Waals surface area contributed by atoms with Crippen molar-refractivity contribution in [2.75, 3.05) is 6.61 Å². The van der Waals surface area contributed by atoms with E-state index in [4.69, 9.17) is 15.9 Å². The number of nitrogens with one attached hydrogen (secondary N) is 1. The smallest absolute Gasteiger partial charge is 0.417 e. The van der Waals surface area contributed by atoms with Gasteiger partial charge in [-0.3, -0.25) is 5.41 Å². The minimum Gasteiger partial charge on any atom is -0.494 e. The van der Waals surface area contributed by atoms with Crippen molar-refractivity contribution in [1.29, 1.82) is 5.41 Å². The van der Waals surface area contributed by atoms with Gasteiger partial charge in [-0.25, -0.2) is 0 Å². The van der Waals surface area contributed by atoms with Gasteiger partial charge in [0.25, 0.3) is 0 Å². The number of hydrogen-bond donors (Lipinski definition) is 2. The van der Waals surface area contributed by atoms with Crippen molar-refractivity contribution in [1.82, 2.24) is 0 Å². The number of nitrogens with two attached hydrogens (primary N) is 1. The summed E-state index contributed by atoms with van der Waals surface area (Å²) in [6.07, 6.45) is -1.20. The summed E-state index contributed by atoms with van der Waals surface area (Å²) in [5.74, 6) is 0.403. The molecule has 0 spiro atoms. The number of alkyl halides is 3. The third-order valence-electron chi connectivity index (χ3n) is 3.08. The SMILES string of the molecule is N=C(N)c1cc(OCCC2CC2)ccc1C(F)(F)F. The highest BCUT2D eigenvalue weighted by molar-refractivity contribution is 5.97. The molecule has 0 aliphatic heterocycles. The largest absolute Gasteiger partial charge is 0.494 e. The Kier molecular flexibility index (Phi) is 3.68. The fourth-order valence-corrected chi connectivity index (χ4v) is 1.83. The topological polar surface area (TPSA) is 59.1 Å². The fourth-order valence-electron chi connectivity index (χ4n) is 1.83. The Bertz CT molecular complexity index is 481. The number of benzene rings is 1. The average Bonchev–Trinajstić information content (AvgIpc) is 3.11. The lowest BCUT2D eigenvalue weighted by Crippen LogP contribution is -2.19. The molecule has 0 amide bonds. The van der Waals surface area contributed by atoms with Crippen LogP contribution < -0.4 is 10.5 Å². The van der Waals surface area contributed by atoms with Crippen LogP contribution in [0.1, 0.15) is 30.4 Å². The van der Waals surface area contributed by atoms with Crippen LogP contribution in [0.5, 0.6) is 5.75 Å². The highest BCUT2D eigenvalue weighted by atomic mass is 19.4. The van der Waals surface area contributed by atoms with Gasteiger partial charge in [-0.05, 0) is 30.5 Å². The molecule has 0 heterocycles. The summed E-state index contributed by atoms with van der Waals surface area (Å²) < 4.78 is 43.5. The molecule has 0 radical (unpaired) electrons. The van der Waals surface area contributed by atoms with E-state index in [9.17, 15) is 13.2 Å². The summed E-state index contributed by atoms with van der Waals surface area (Å²) in [6.45, 7) is 0.480. The van der Waals surface area contributed by atoms with E-state index in [0.717, 1.165) is 12.5 Å². The minimum absolute atomic E-state index is 0.318. The molecule has 1 aliphatic carbocycles. The predicted molar refractivity (Wildman–Crippen MR) is 65.3 cm³/mol. The predicted octanol–water partition coefficient (Wildman–Crippen LogP) is 3.17. The maximum atomic E-state index is 12.7. The number of halogens is 3. The molecule has 0 bridgehead atoms. The Balaban J connectivity index is 2.13. The lowest BCUT2D eigenvalue weighted by molar-refractivity contribution is -0.137. The van der Waals surface area contributed by atoms with Crippen molar-refractivity contribution < 1.29 is 17.9 Å². The zero-order chi connectivity index (χ0) is 14.0. The quantitative estimate of drug-likeness (QED) is 0.639. The van der Waals surface area contributed by atoms with E-state index in [1.54, 1.807) is 0 Å². The molecule has 1 saturated carbocycles. The lowest BCUT2D eigenvalue weighted by atomic mass is 10.1. The van der Waals surface area contributed by atoms with Crippen molar-refractivity contribution in [3.8, 4) is 5.75 Å². The van der Waals surface area contributed by atoms with Crippen LogP contribution in [0.2, 0.25) is 0 Å². The first kappa shape index (κ1) is 13.7. The molecule has 19 heavy (non-hydrogen) atoms. The van der Waals surface area contributed by atoms with Crippen molar-refractivity contribution in [3.63, 3.8) is 0 Å². The Morgan fingerprint density at radius 2 is 2.05 bits per heavy atom. The van der Waals surface area contributed by atoms with Crippen LogP contribution in [0, 0.1) is 11.3 Å². The van der Waals surface area contributed by atoms with Gasteiger partial charge in [0, 0.05) is 5.56 Å². The molecule has 1 aromatic rings. The average molecular weight is 272 g/mol. The third kappa shape index (κ3) is 3.62. The second-order valence-corrected chi connectivity index (χ2v) is 4.70. The third-order valence-corrected chi connectivity index (χ3v) is 3.08. The first-order valence-corrected chi connectivity index (χ1v) is 6.06. The van der Waals surface area contributed by atoms with Gasteiger partial charge in [-0.2, -0.15) is 13.2 Å². The summed E-state index contributed by atoms with van der Waals surface area (Å²) >= 11 is 0. The molecule has 6 heteroatoms. The van der Waals surface area contributed by atoms with Crippen molar-refractivity contribution in [2.24, 2.45) is 11.7 Å². The molecule has 1 aliphatic rings. The number of amidine groups is 1. The molecular formula is C13H15F3N2O. The van der Waals surface area contributed by atoms with E-state index in [-0.39, 0.29) is 5.56 Å². The normalized spacial score (nSPS) is 15.3. The van der Waals surface area contributed by atoms with Gasteiger partial charge in [0.2, 0.25) is 0 Å². The molecule has 0 saturated heterocycles. The van der Waals surface area contributed by atoms with E-state index >= 15 is 0 Å². The van der Waals surface area contributed by atoms with Crippen LogP contribution in [-0.2, 0) is 6.18 Å². The van der Waals surface area contributed by atoms with E-state index in [2.05, 4.69) is 0 Å². The van der Waals surface area contributed by atoms with Gasteiger partial charge in [0.15, 0.2) is 0 Å². The van der Waals surface area contributed by atoms with Crippen molar-refractivity contribution in [2.45, 2.75) is 25.4 Å². The molecule has 3 nitrogen and oxygen atoms in total. The molecule has 3 N–H and O–H groups in total. The fraction of sp³-hybridized carbons (Fsp3) is 0.462. The molecule has 104 valence electrons. The number of nitrogen functional groups attached to an aromatic ring is 1. The van der Waals surface area contributed by atoms with Crippen LogP contribution in [0.25, 0.3) is 0 Å². The van der Waals surface area contributed by atoms with Gasteiger partial charge in [0.1, 0.15) is 11.6 Å². The summed E-state index contributed by atoms with van der Waals surface area (Å²) in [7, 11) is 0. The molecule has 2 rings (SSSR count). The standard InChI is InChI=1S/C13H15F3N2O/c14-13(15,16)11-4-3-9(7-10(11)12(17)18)19-6-5-8-1-2-8/h3-4,7-8H,1-2,5-6H2,(H3,17,18). The van der Waals surface area contributed by atoms with Gasteiger partial charge >= 0.3 is 6.18 Å². The number of rotatable bonds is 5. The first-order valence-electron chi connectivity index (χ1n) is 6.06. The first-order chi connectivity index (χ1) is 8.88. The van der Waals surface area contributed by atoms with Crippen LogP contribution in [0.3, 0.4) is 0 Å². The van der Waals surface area contributed by atoms with Gasteiger partial charge < -0.3 is 10.5 Å². The summed E-state index contributed by atoms with van der Waals surface area (Å²) in [5, 5.41) is 7.23. The zero-order valence-electron chi connectivity index (χ0n) is 10.3. The van der Waals surface area contributed by atoms with Crippen LogP contribution in [0.15, 0.2) is 18.2 Å². The van der Waals surface area contributed by atoms with E-state index in [1.807, 2.05) is 0 Å². The van der Waals surface area contributed by atoms with E-state index in [1.165, 1.54) is 25.0 Å². The van der Waals surface area contributed by atoms with Gasteiger partial charge in [-0.15, -0.1) is 0 Å². The summed E-state index contributed by atoms with van der Waals surface area (Å²) in [4.78, 5) is 0. The number of ether oxygens (including phenoxy) is 1. The maximum Gasteiger partial charge on any atom is 0.417 e. The van der Waals surface area contributed by atoms with E-state index < -0.39 is 17.6 Å². The molecule has 1 fully saturated rings. The second-order valence-electron chi connectivity index (χ2n) is 4.70. The molecule has 0 atom stereocenters. The van der Waals surface area contributed by atoms with Crippen molar-refractivity contribution >= 4 is 5.84 Å². The van der Waals surface area contributed by atoms with Gasteiger partial charge in [0.05, 0.1) is 12.2 Å². The Labute approximate surface area is 109 Å². The van der Waals surface area contributed by atoms with Crippen LogP contribution in [0.4, 0.5) is 13.2 Å². The summed E-state index contributed by atoms with van der Waals surface area (Å²) in [6, 6.07) is 3.35. The Morgan fingerprint density at radius 3 is 2.58 bits per heavy atom. The molecule has 0 unspecified atom stereocenters. The highest BCUT2D eigenvalue weighted by Gasteiger charge is 2.34. The lowest BCUT2D eigenvalue weighted by Gasteiger charge is -2.14. The van der Waals surface area contributed by atoms with Crippen molar-refractivity contribution in [3.05, 3.63) is 29.3 Å². The second kappa shape index (κ2) is 5.11. The zero-order valence-corrected chi connectivity index (χ0v) is 10.3. The minimum atomic E-state index is -4.52. The maximum absolute atomic E-state index is 12.7. The highest BCUT2D eigenvalue weighted by Crippen LogP contribution is 2.34. The number of hydrogen-bond acceptors (Lipinski definition) is 2. The Hall–Kier alpha value is -1.72. The van der Waals surface area contributed by atoms with Crippen LogP contribution >= 0.6 is 0 Å². The summed E-state index contributed by atoms with van der Waals surface area (Å²) in [5.41, 5.74) is 3.95. The monoisotopic (exact) mass is 272 g/mol. The molecule has 1 aromatic carbocycles. The molecule has 0 aromatic heterocycles. The molecular weight excluding hydrogens is 257 g/mol. The van der Waals surface area contributed by atoms with Gasteiger partial charge in [-0.1, -0.05) is 12.8 Å². The van der Waals surface area contributed by atoms with E-state index in [0.29, 0.717) is 18.3 Å².